The summed E-state index contributed by atoms with van der Waals surface area (Å²) in [7, 11) is 6.96. The van der Waals surface area contributed by atoms with E-state index >= 15 is 0 Å². The second-order valence-corrected chi connectivity index (χ2v) is 22.8. The summed E-state index contributed by atoms with van der Waals surface area (Å²) in [5.74, 6) is -2.90. The van der Waals surface area contributed by atoms with E-state index in [9.17, 15) is 39.8 Å². The molecule has 0 radical (unpaired) electrons. The molecule has 0 spiro atoms. The molecule has 19 heteroatoms. The number of benzene rings is 1. The van der Waals surface area contributed by atoms with E-state index in [2.05, 4.69) is 15.2 Å². The zero-order chi connectivity index (χ0) is 54.3. The lowest BCUT2D eigenvalue weighted by atomic mass is 9.68. The zero-order valence-corrected chi connectivity index (χ0v) is 46.1. The van der Waals surface area contributed by atoms with Gasteiger partial charge in [-0.2, -0.15) is 0 Å². The second kappa shape index (κ2) is 26.1. The third-order valence-electron chi connectivity index (χ3n) is 16.7. The first kappa shape index (κ1) is 61.1. The number of aliphatic hydroxyl groups excluding tert-OH is 4. The molecule has 18 nitrogen and oxygen atoms in total. The van der Waals surface area contributed by atoms with E-state index in [1.165, 1.54) is 18.7 Å². The van der Waals surface area contributed by atoms with Crippen LogP contribution >= 0.6 is 0 Å². The Morgan fingerprint density at radius 1 is 0.986 bits per heavy atom. The Morgan fingerprint density at radius 3 is 2.26 bits per heavy atom. The number of alkyl halides is 1. The van der Waals surface area contributed by atoms with E-state index in [0.29, 0.717) is 38.0 Å². The maximum Gasteiger partial charge on any atom is 0.309 e. The number of carbonyl (C=O) groups is 1. The molecule has 0 amide bonds. The van der Waals surface area contributed by atoms with Crippen LogP contribution in [0.3, 0.4) is 0 Å². The third kappa shape index (κ3) is 14.6. The number of methoxy groups -OCH3 is 2. The van der Waals surface area contributed by atoms with Gasteiger partial charge in [0.1, 0.15) is 42.7 Å². The van der Waals surface area contributed by atoms with E-state index in [-0.39, 0.29) is 50.4 Å². The molecular formula is C54H92FN5O13. The van der Waals surface area contributed by atoms with Crippen molar-refractivity contribution < 1.29 is 68.2 Å². The molecule has 1 aromatic carbocycles. The van der Waals surface area contributed by atoms with E-state index in [4.69, 9.17) is 28.4 Å². The van der Waals surface area contributed by atoms with Crippen LogP contribution in [0.25, 0.3) is 0 Å². The van der Waals surface area contributed by atoms with Crippen LogP contribution in [0.4, 0.5) is 4.39 Å². The summed E-state index contributed by atoms with van der Waals surface area (Å²) >= 11 is 0. The Labute approximate surface area is 433 Å². The van der Waals surface area contributed by atoms with Crippen molar-refractivity contribution in [3.8, 4) is 0 Å². The van der Waals surface area contributed by atoms with Crippen LogP contribution in [-0.4, -0.2) is 200 Å². The fraction of sp³-hybridized carbons (Fsp3) is 0.833. The largest absolute Gasteiger partial charge is 0.459 e. The summed E-state index contributed by atoms with van der Waals surface area (Å²) in [5.41, 5.74) is -2.10. The number of cyclic esters (lactones) is 1. The summed E-state index contributed by atoms with van der Waals surface area (Å²) < 4.78 is 54.6. The number of rotatable bonds is 17. The van der Waals surface area contributed by atoms with Gasteiger partial charge in [-0.25, -0.2) is 9.07 Å². The summed E-state index contributed by atoms with van der Waals surface area (Å²) in [6.45, 7) is 18.2. The SMILES string of the molecule is CC[C@H]1OC(=O)[C@H](C)[C@@H](C2C[C@@](C)(OC)[C@@H](O)[C@H](C)O2)[C@H](C)[C@@H](OC2C[C@@H](N(C)CCc3cn([C@H](CF)[C@H](OC)c4ccc(CC(O)CO)cc4)nn3)C[C@@H](C)O2)[C@](C)(O)C[C@@H](C)CN(C)[C@H](C)C(O)[C@]1(C)O. The lowest BCUT2D eigenvalue weighted by molar-refractivity contribution is -0.275. The van der Waals surface area contributed by atoms with Crippen molar-refractivity contribution >= 4 is 5.97 Å². The van der Waals surface area contributed by atoms with Crippen LogP contribution in [0.1, 0.15) is 130 Å². The number of carbonyl (C=O) groups excluding carboxylic acids is 1. The highest BCUT2D eigenvalue weighted by Gasteiger charge is 2.54. The van der Waals surface area contributed by atoms with Crippen LogP contribution in [0, 0.1) is 23.7 Å². The fourth-order valence-corrected chi connectivity index (χ4v) is 12.2. The Bertz CT molecular complexity index is 2000. The van der Waals surface area contributed by atoms with Gasteiger partial charge in [-0.1, -0.05) is 57.2 Å². The molecule has 3 aliphatic heterocycles. The minimum atomic E-state index is -1.80. The van der Waals surface area contributed by atoms with Gasteiger partial charge in [0.05, 0.1) is 59.9 Å². The molecule has 6 N–H and O–H groups in total. The maximum absolute atomic E-state index is 14.8. The number of esters is 1. The highest BCUT2D eigenvalue weighted by Crippen LogP contribution is 2.45. The smallest absolute Gasteiger partial charge is 0.309 e. The molecular weight excluding hydrogens is 946 g/mol. The molecule has 73 heavy (non-hydrogen) atoms. The lowest BCUT2D eigenvalue weighted by Gasteiger charge is -2.51. The minimum Gasteiger partial charge on any atom is -0.459 e. The number of hydrogen-bond acceptors (Lipinski definition) is 17. The minimum absolute atomic E-state index is 0.0142. The van der Waals surface area contributed by atoms with Crippen LogP contribution < -0.4 is 0 Å². The average Bonchev–Trinajstić information content (AvgIpc) is 3.82. The van der Waals surface area contributed by atoms with Crippen molar-refractivity contribution in [1.82, 2.24) is 24.8 Å². The first-order chi connectivity index (χ1) is 34.2. The second-order valence-electron chi connectivity index (χ2n) is 22.8. The number of ether oxygens (including phenoxy) is 6. The van der Waals surface area contributed by atoms with Crippen LogP contribution in [0.15, 0.2) is 30.5 Å². The number of hydrogen-bond donors (Lipinski definition) is 6. The number of aliphatic hydroxyl groups is 6. The Morgan fingerprint density at radius 2 is 1.66 bits per heavy atom. The molecule has 2 aromatic rings. The lowest BCUT2D eigenvalue weighted by Crippen LogP contribution is -2.61. The van der Waals surface area contributed by atoms with Crippen LogP contribution in [-0.2, 0) is 46.1 Å². The fourth-order valence-electron chi connectivity index (χ4n) is 12.2. The van der Waals surface area contributed by atoms with E-state index in [0.717, 1.165) is 11.1 Å². The van der Waals surface area contributed by atoms with Gasteiger partial charge in [0.25, 0.3) is 0 Å². The van der Waals surface area contributed by atoms with Gasteiger partial charge in [0.2, 0.25) is 0 Å². The third-order valence-corrected chi connectivity index (χ3v) is 16.7. The highest BCUT2D eigenvalue weighted by atomic mass is 19.1. The van der Waals surface area contributed by atoms with Gasteiger partial charge in [-0.15, -0.1) is 5.10 Å². The molecule has 4 unspecified atom stereocenters. The van der Waals surface area contributed by atoms with Crippen molar-refractivity contribution in [3.63, 3.8) is 0 Å². The highest BCUT2D eigenvalue weighted by molar-refractivity contribution is 5.73. The maximum atomic E-state index is 14.8. The van der Waals surface area contributed by atoms with Crippen molar-refractivity contribution in [1.29, 1.82) is 0 Å². The van der Waals surface area contributed by atoms with Gasteiger partial charge < -0.3 is 68.9 Å². The average molecular weight is 1040 g/mol. The van der Waals surface area contributed by atoms with E-state index in [1.807, 2.05) is 77.9 Å². The topological polar surface area (TPSA) is 231 Å². The molecule has 3 aliphatic rings. The van der Waals surface area contributed by atoms with Crippen LogP contribution in [0.5, 0.6) is 0 Å². The van der Waals surface area contributed by atoms with Gasteiger partial charge >= 0.3 is 5.97 Å². The zero-order valence-electron chi connectivity index (χ0n) is 46.1. The summed E-state index contributed by atoms with van der Waals surface area (Å²) in [6.07, 6.45) is -3.68. The molecule has 3 saturated heterocycles. The van der Waals surface area contributed by atoms with Gasteiger partial charge in [0.15, 0.2) is 6.29 Å². The predicted molar refractivity (Wildman–Crippen MR) is 272 cm³/mol. The summed E-state index contributed by atoms with van der Waals surface area (Å²) in [4.78, 5) is 18.8. The number of nitrogens with zero attached hydrogens (tertiary/aromatic N) is 5. The molecule has 418 valence electrons. The van der Waals surface area contributed by atoms with Gasteiger partial charge in [-0.05, 0) is 97.9 Å². The Hall–Kier alpha value is -2.76. The molecule has 20 atom stereocenters. The van der Waals surface area contributed by atoms with Crippen molar-refractivity contribution in [3.05, 3.63) is 47.3 Å². The normalized spacial score (nSPS) is 39.1. The summed E-state index contributed by atoms with van der Waals surface area (Å²) in [5, 5.41) is 75.7. The molecule has 1 aromatic heterocycles. The van der Waals surface area contributed by atoms with E-state index < -0.39 is 114 Å². The molecule has 0 saturated carbocycles. The molecule has 4 heterocycles. The molecule has 0 aliphatic carbocycles. The molecule has 3 fully saturated rings. The number of halogens is 1. The Kier molecular flexibility index (Phi) is 21.8. The Balaban J connectivity index is 1.41. The first-order valence-electron chi connectivity index (χ1n) is 26.6. The predicted octanol–water partition coefficient (Wildman–Crippen LogP) is 4.20. The quantitative estimate of drug-likeness (QED) is 0.122. The molecule has 5 rings (SSSR count). The summed E-state index contributed by atoms with van der Waals surface area (Å²) in [6, 6.07) is 5.95. The number of aromatic nitrogens is 3. The standard InChI is InChI=1S/C54H92FN5O13/c1-15-44-54(10,67)48(63)35(6)59(12)28-31(2)25-52(8,66)50(33(4)46(34(5)51(65)72-44)43-26-53(9,69-14)49(64)36(7)71-43)73-45-24-40(22-32(3)70-45)58(11)21-20-39-29-60(57-56-39)42(27-55)47(68-13)38-18-16-37(17-19-38)23-41(62)30-61/h16-19,29,31-36,40-50,61-64,66-67H,15,20-28,30H2,1-14H3/t31-,32-,33+,34-,35-,36+,40+,41?,42-,43?,44-,45?,46+,47-,48?,49+,50-,52-,53-,54-/m1/s1. The van der Waals surface area contributed by atoms with Crippen molar-refractivity contribution in [2.24, 2.45) is 23.7 Å². The first-order valence-corrected chi connectivity index (χ1v) is 26.6. The number of likely N-dealkylation sites (N-methyl/N-ethyl adjacent to an activating group) is 2. The van der Waals surface area contributed by atoms with E-state index in [1.54, 1.807) is 41.0 Å². The monoisotopic (exact) mass is 1040 g/mol. The molecule has 0 bridgehead atoms. The van der Waals surface area contributed by atoms with Crippen molar-refractivity contribution in [2.45, 2.75) is 210 Å². The van der Waals surface area contributed by atoms with Crippen LogP contribution in [0.2, 0.25) is 0 Å². The van der Waals surface area contributed by atoms with Gasteiger partial charge in [0, 0.05) is 77.2 Å². The van der Waals surface area contributed by atoms with Crippen molar-refractivity contribution in [2.75, 3.05) is 54.7 Å². The van der Waals surface area contributed by atoms with Gasteiger partial charge in [-0.3, -0.25) is 4.79 Å².